The molecule has 0 fully saturated rings. The van der Waals surface area contributed by atoms with Gasteiger partial charge in [0.2, 0.25) is 0 Å². The van der Waals surface area contributed by atoms with Crippen LogP contribution in [0, 0.1) is 0 Å². The molecule has 20 heavy (non-hydrogen) atoms. The summed E-state index contributed by atoms with van der Waals surface area (Å²) in [5.74, 6) is 0.537. The van der Waals surface area contributed by atoms with Gasteiger partial charge in [-0.3, -0.25) is 4.79 Å². The molecule has 0 aliphatic rings. The molecule has 0 heterocycles. The fraction of sp³-hybridized carbons (Fsp3) is 0.316. The van der Waals surface area contributed by atoms with Crippen molar-refractivity contribution >= 4 is 5.78 Å². The molecule has 0 saturated carbocycles. The molecular formula is C19H22O. The van der Waals surface area contributed by atoms with Gasteiger partial charge < -0.3 is 0 Å². The van der Waals surface area contributed by atoms with Gasteiger partial charge in [0.15, 0.2) is 5.78 Å². The molecular weight excluding hydrogens is 244 g/mol. The lowest BCUT2D eigenvalue weighted by Gasteiger charge is -2.25. The molecule has 2 aromatic carbocycles. The van der Waals surface area contributed by atoms with E-state index >= 15 is 0 Å². The minimum Gasteiger partial charge on any atom is -0.293 e. The standard InChI is InChI=1S/C19H22O/c1-14(2)16-12-8-9-13-17(16)18(20)19(3,4)15-10-6-5-7-11-15/h5-14H,1-4H3. The lowest BCUT2D eigenvalue weighted by atomic mass is 9.76. The molecule has 0 atom stereocenters. The van der Waals surface area contributed by atoms with Crippen molar-refractivity contribution in [3.8, 4) is 0 Å². The van der Waals surface area contributed by atoms with Gasteiger partial charge in [-0.1, -0.05) is 68.4 Å². The van der Waals surface area contributed by atoms with Gasteiger partial charge in [0.05, 0.1) is 5.41 Å². The molecule has 0 N–H and O–H groups in total. The first-order chi connectivity index (χ1) is 9.44. The van der Waals surface area contributed by atoms with Crippen LogP contribution < -0.4 is 0 Å². The lowest BCUT2D eigenvalue weighted by Crippen LogP contribution is -2.30. The maximum atomic E-state index is 13.0. The first-order valence-corrected chi connectivity index (χ1v) is 7.14. The lowest BCUT2D eigenvalue weighted by molar-refractivity contribution is 0.0907. The molecule has 0 radical (unpaired) electrons. The van der Waals surface area contributed by atoms with Gasteiger partial charge in [-0.2, -0.15) is 0 Å². The summed E-state index contributed by atoms with van der Waals surface area (Å²) < 4.78 is 0. The van der Waals surface area contributed by atoms with Crippen LogP contribution in [0.4, 0.5) is 0 Å². The summed E-state index contributed by atoms with van der Waals surface area (Å²) in [5.41, 5.74) is 2.52. The highest BCUT2D eigenvalue weighted by Crippen LogP contribution is 2.30. The van der Waals surface area contributed by atoms with E-state index in [1.54, 1.807) is 0 Å². The van der Waals surface area contributed by atoms with Crippen LogP contribution in [0.1, 0.15) is 55.1 Å². The van der Waals surface area contributed by atoms with Crippen LogP contribution in [0.2, 0.25) is 0 Å². The maximum Gasteiger partial charge on any atom is 0.173 e. The Hall–Kier alpha value is -1.89. The largest absolute Gasteiger partial charge is 0.293 e. The number of rotatable bonds is 4. The molecule has 0 unspecified atom stereocenters. The van der Waals surface area contributed by atoms with Gasteiger partial charge in [-0.15, -0.1) is 0 Å². The van der Waals surface area contributed by atoms with Gasteiger partial charge in [0.1, 0.15) is 0 Å². The molecule has 2 rings (SSSR count). The zero-order valence-corrected chi connectivity index (χ0v) is 12.7. The molecule has 1 nitrogen and oxygen atoms in total. The van der Waals surface area contributed by atoms with E-state index in [-0.39, 0.29) is 5.78 Å². The second-order valence-electron chi connectivity index (χ2n) is 6.06. The van der Waals surface area contributed by atoms with Crippen molar-refractivity contribution in [3.05, 3.63) is 71.3 Å². The molecule has 0 amide bonds. The average molecular weight is 266 g/mol. The molecule has 0 saturated heterocycles. The Labute approximate surface area is 121 Å². The van der Waals surface area contributed by atoms with Gasteiger partial charge in [0, 0.05) is 5.56 Å². The summed E-state index contributed by atoms with van der Waals surface area (Å²) >= 11 is 0. The number of hydrogen-bond donors (Lipinski definition) is 0. The first kappa shape index (κ1) is 14.5. The van der Waals surface area contributed by atoms with Crippen LogP contribution in [0.3, 0.4) is 0 Å². The van der Waals surface area contributed by atoms with Crippen molar-refractivity contribution in [2.24, 2.45) is 0 Å². The second-order valence-corrected chi connectivity index (χ2v) is 6.06. The molecule has 104 valence electrons. The minimum absolute atomic E-state index is 0.188. The predicted molar refractivity (Wildman–Crippen MR) is 84.3 cm³/mol. The highest BCUT2D eigenvalue weighted by atomic mass is 16.1. The van der Waals surface area contributed by atoms with E-state index < -0.39 is 5.41 Å². The van der Waals surface area contributed by atoms with Crippen LogP contribution in [-0.2, 0) is 5.41 Å². The van der Waals surface area contributed by atoms with Crippen molar-refractivity contribution in [2.75, 3.05) is 0 Å². The number of benzene rings is 2. The number of ketones is 1. The van der Waals surface area contributed by atoms with E-state index in [0.29, 0.717) is 5.92 Å². The van der Waals surface area contributed by atoms with Gasteiger partial charge in [-0.25, -0.2) is 0 Å². The van der Waals surface area contributed by atoms with Crippen molar-refractivity contribution in [1.82, 2.24) is 0 Å². The van der Waals surface area contributed by atoms with Gasteiger partial charge in [0.25, 0.3) is 0 Å². The summed E-state index contributed by atoms with van der Waals surface area (Å²) in [6.45, 7) is 8.26. The number of carbonyl (C=O) groups excluding carboxylic acids is 1. The van der Waals surface area contributed by atoms with Crippen molar-refractivity contribution in [2.45, 2.75) is 39.0 Å². The summed E-state index contributed by atoms with van der Waals surface area (Å²) in [5, 5.41) is 0. The van der Waals surface area contributed by atoms with E-state index in [0.717, 1.165) is 16.7 Å². The van der Waals surface area contributed by atoms with E-state index in [4.69, 9.17) is 0 Å². The highest BCUT2D eigenvalue weighted by molar-refractivity contribution is 6.04. The van der Waals surface area contributed by atoms with Gasteiger partial charge >= 0.3 is 0 Å². The Morgan fingerprint density at radius 2 is 1.45 bits per heavy atom. The Morgan fingerprint density at radius 1 is 0.900 bits per heavy atom. The number of carbonyl (C=O) groups is 1. The normalized spacial score (nSPS) is 11.7. The predicted octanol–water partition coefficient (Wildman–Crippen LogP) is 4.97. The summed E-state index contributed by atoms with van der Waals surface area (Å²) in [6.07, 6.45) is 0. The first-order valence-electron chi connectivity index (χ1n) is 7.14. The topological polar surface area (TPSA) is 17.1 Å². The van der Waals surface area contributed by atoms with Crippen LogP contribution >= 0.6 is 0 Å². The smallest absolute Gasteiger partial charge is 0.173 e. The Balaban J connectivity index is 2.46. The Bertz CT molecular complexity index is 594. The van der Waals surface area contributed by atoms with E-state index in [1.807, 2.05) is 62.4 Å². The van der Waals surface area contributed by atoms with Crippen molar-refractivity contribution in [3.63, 3.8) is 0 Å². The van der Waals surface area contributed by atoms with Crippen LogP contribution in [0.15, 0.2) is 54.6 Å². The average Bonchev–Trinajstić information content (AvgIpc) is 2.47. The molecule has 2 aromatic rings. The van der Waals surface area contributed by atoms with Crippen LogP contribution in [0.5, 0.6) is 0 Å². The molecule has 0 aliphatic heterocycles. The van der Waals surface area contributed by atoms with Crippen molar-refractivity contribution < 1.29 is 4.79 Å². The number of Topliss-reactive ketones (excluding diaryl/α,β-unsaturated/α-hetero) is 1. The molecule has 0 bridgehead atoms. The second kappa shape index (κ2) is 5.62. The fourth-order valence-corrected chi connectivity index (χ4v) is 2.53. The molecule has 1 heteroatoms. The third-order valence-electron chi connectivity index (χ3n) is 3.89. The van der Waals surface area contributed by atoms with Crippen molar-refractivity contribution in [1.29, 1.82) is 0 Å². The van der Waals surface area contributed by atoms with E-state index in [1.165, 1.54) is 0 Å². The molecule has 0 spiro atoms. The zero-order chi connectivity index (χ0) is 14.8. The van der Waals surface area contributed by atoms with E-state index in [2.05, 4.69) is 19.9 Å². The SMILES string of the molecule is CC(C)c1ccccc1C(=O)C(C)(C)c1ccccc1. The van der Waals surface area contributed by atoms with Gasteiger partial charge in [-0.05, 0) is 30.9 Å². The number of hydrogen-bond acceptors (Lipinski definition) is 1. The van der Waals surface area contributed by atoms with Crippen LogP contribution in [-0.4, -0.2) is 5.78 Å². The summed E-state index contributed by atoms with van der Waals surface area (Å²) in [7, 11) is 0. The third kappa shape index (κ3) is 2.67. The molecule has 0 aliphatic carbocycles. The summed E-state index contributed by atoms with van der Waals surface area (Å²) in [6, 6.07) is 17.9. The zero-order valence-electron chi connectivity index (χ0n) is 12.7. The molecule has 0 aromatic heterocycles. The fourth-order valence-electron chi connectivity index (χ4n) is 2.53. The van der Waals surface area contributed by atoms with Crippen LogP contribution in [0.25, 0.3) is 0 Å². The quantitative estimate of drug-likeness (QED) is 0.714. The Morgan fingerprint density at radius 3 is 2.05 bits per heavy atom. The minimum atomic E-state index is -0.508. The van der Waals surface area contributed by atoms with E-state index in [9.17, 15) is 4.79 Å². The third-order valence-corrected chi connectivity index (χ3v) is 3.89. The maximum absolute atomic E-state index is 13.0. The summed E-state index contributed by atoms with van der Waals surface area (Å²) in [4.78, 5) is 13.0. The Kier molecular flexibility index (Phi) is 4.08. The monoisotopic (exact) mass is 266 g/mol. The highest BCUT2D eigenvalue weighted by Gasteiger charge is 2.31.